The Labute approximate surface area is 220 Å². The first kappa shape index (κ1) is 28.5. The van der Waals surface area contributed by atoms with Crippen LogP contribution >= 0.6 is 0 Å². The van der Waals surface area contributed by atoms with E-state index in [4.69, 9.17) is 4.74 Å². The van der Waals surface area contributed by atoms with Gasteiger partial charge in [0.2, 0.25) is 0 Å². The number of rotatable bonds is 9. The second kappa shape index (κ2) is 11.7. The van der Waals surface area contributed by atoms with E-state index in [1.54, 1.807) is 24.3 Å². The molecular formula is C30H24F8O. The van der Waals surface area contributed by atoms with Crippen molar-refractivity contribution in [1.82, 2.24) is 0 Å². The van der Waals surface area contributed by atoms with Crippen LogP contribution in [0.3, 0.4) is 0 Å². The molecule has 4 aromatic carbocycles. The summed E-state index contributed by atoms with van der Waals surface area (Å²) in [6.07, 6.45) is -4.42. The molecule has 0 aliphatic heterocycles. The van der Waals surface area contributed by atoms with E-state index in [0.717, 1.165) is 5.56 Å². The van der Waals surface area contributed by atoms with Gasteiger partial charge in [-0.15, -0.1) is 0 Å². The maximum Gasteiger partial charge on any atom is 0.422 e. The quantitative estimate of drug-likeness (QED) is 0.190. The van der Waals surface area contributed by atoms with Crippen LogP contribution < -0.4 is 0 Å². The molecule has 0 N–H and O–H groups in total. The number of aryl methyl sites for hydroxylation is 3. The Morgan fingerprint density at radius 1 is 0.615 bits per heavy atom. The van der Waals surface area contributed by atoms with E-state index < -0.39 is 40.8 Å². The molecule has 9 heteroatoms. The van der Waals surface area contributed by atoms with E-state index in [0.29, 0.717) is 42.5 Å². The van der Waals surface area contributed by atoms with Crippen LogP contribution in [0, 0.1) is 29.1 Å². The summed E-state index contributed by atoms with van der Waals surface area (Å²) in [6.45, 7) is 0.347. The van der Waals surface area contributed by atoms with Crippen LogP contribution in [0.1, 0.15) is 33.4 Å². The van der Waals surface area contributed by atoms with E-state index >= 15 is 4.39 Å². The molecule has 206 valence electrons. The number of benzene rings is 4. The molecule has 0 amide bonds. The van der Waals surface area contributed by atoms with Gasteiger partial charge in [-0.2, -0.15) is 13.2 Å². The lowest BCUT2D eigenvalue weighted by molar-refractivity contribution is -0.142. The third-order valence-electron chi connectivity index (χ3n) is 6.63. The summed E-state index contributed by atoms with van der Waals surface area (Å²) in [5.41, 5.74) is -0.543. The number of ether oxygens (including phenoxy) is 1. The zero-order chi connectivity index (χ0) is 28.3. The van der Waals surface area contributed by atoms with Gasteiger partial charge in [0.15, 0.2) is 0 Å². The molecule has 0 heterocycles. The average Bonchev–Trinajstić information content (AvgIpc) is 2.85. The highest BCUT2D eigenvalue weighted by Gasteiger charge is 2.37. The van der Waals surface area contributed by atoms with Gasteiger partial charge in [-0.3, -0.25) is 0 Å². The van der Waals surface area contributed by atoms with Crippen molar-refractivity contribution >= 4 is 10.8 Å². The van der Waals surface area contributed by atoms with Gasteiger partial charge in [-0.25, -0.2) is 22.0 Å². The number of alkyl halides is 3. The highest BCUT2D eigenvalue weighted by atomic mass is 19.4. The molecule has 1 nitrogen and oxygen atoms in total. The minimum absolute atomic E-state index is 0.00665. The van der Waals surface area contributed by atoms with Crippen molar-refractivity contribution in [1.29, 1.82) is 0 Å². The third-order valence-corrected chi connectivity index (χ3v) is 6.63. The predicted molar refractivity (Wildman–Crippen MR) is 132 cm³/mol. The zero-order valence-electron chi connectivity index (χ0n) is 20.9. The van der Waals surface area contributed by atoms with Crippen LogP contribution in [-0.4, -0.2) is 13.7 Å². The monoisotopic (exact) mass is 552 g/mol. The molecule has 0 fully saturated rings. The molecular weight excluding hydrogens is 528 g/mol. The Hall–Kier alpha value is -3.46. The SMILES string of the molecule is COCCc1cc(F)c(CCc2ccc3c(F)c(CCc4cc(F)c(C(F)(F)F)c(F)c4)ccc3c2)c(F)c1. The molecule has 0 saturated carbocycles. The van der Waals surface area contributed by atoms with E-state index in [2.05, 4.69) is 0 Å². The minimum Gasteiger partial charge on any atom is -0.384 e. The van der Waals surface area contributed by atoms with Crippen molar-refractivity contribution in [2.75, 3.05) is 13.7 Å². The lowest BCUT2D eigenvalue weighted by Crippen LogP contribution is -2.12. The average molecular weight is 553 g/mol. The predicted octanol–water partition coefficient (Wildman–Crippen LogP) is 8.31. The van der Waals surface area contributed by atoms with E-state index in [1.165, 1.54) is 25.3 Å². The van der Waals surface area contributed by atoms with Crippen molar-refractivity contribution < 1.29 is 39.9 Å². The lowest BCUT2D eigenvalue weighted by Gasteiger charge is -2.12. The fourth-order valence-electron chi connectivity index (χ4n) is 4.58. The Morgan fingerprint density at radius 3 is 1.82 bits per heavy atom. The van der Waals surface area contributed by atoms with Gasteiger partial charge in [0.1, 0.15) is 34.6 Å². The standard InChI is InChI=1S/C30H24F8O/c1-39-11-10-19-13-24(31)23(25(32)14-19)9-4-17-3-8-22-21(12-17)7-6-20(29(22)35)5-2-18-15-26(33)28(27(34)16-18)30(36,37)38/h3,6-8,12-16H,2,4-5,9-11H2,1H3. The number of halogens is 8. The molecule has 0 saturated heterocycles. The molecule has 4 aromatic rings. The number of hydrogen-bond acceptors (Lipinski definition) is 1. The fourth-order valence-corrected chi connectivity index (χ4v) is 4.58. The second-order valence-electron chi connectivity index (χ2n) is 9.31. The summed E-state index contributed by atoms with van der Waals surface area (Å²) in [5.74, 6) is -5.26. The van der Waals surface area contributed by atoms with Crippen molar-refractivity contribution in [3.8, 4) is 0 Å². The first-order valence-electron chi connectivity index (χ1n) is 12.2. The summed E-state index contributed by atoms with van der Waals surface area (Å²) in [6, 6.07) is 11.9. The summed E-state index contributed by atoms with van der Waals surface area (Å²) >= 11 is 0. The molecule has 0 radical (unpaired) electrons. The maximum atomic E-state index is 15.2. The van der Waals surface area contributed by atoms with Crippen LogP contribution in [0.15, 0.2) is 54.6 Å². The second-order valence-corrected chi connectivity index (χ2v) is 9.31. The van der Waals surface area contributed by atoms with Gasteiger partial charge in [-0.05, 0) is 84.0 Å². The van der Waals surface area contributed by atoms with E-state index in [-0.39, 0.29) is 41.3 Å². The fraction of sp³-hybridized carbons (Fsp3) is 0.267. The van der Waals surface area contributed by atoms with Gasteiger partial charge in [0, 0.05) is 18.1 Å². The van der Waals surface area contributed by atoms with Crippen LogP contribution in [-0.2, 0) is 43.0 Å². The summed E-state index contributed by atoms with van der Waals surface area (Å²) < 4.78 is 115. The summed E-state index contributed by atoms with van der Waals surface area (Å²) in [5, 5.41) is 0.831. The minimum atomic E-state index is -5.16. The Kier molecular flexibility index (Phi) is 8.59. The molecule has 0 aromatic heterocycles. The molecule has 0 bridgehead atoms. The van der Waals surface area contributed by atoms with Crippen molar-refractivity contribution in [2.24, 2.45) is 0 Å². The Bertz CT molecular complexity index is 1450. The molecule has 39 heavy (non-hydrogen) atoms. The Morgan fingerprint density at radius 2 is 1.21 bits per heavy atom. The topological polar surface area (TPSA) is 9.23 Å². The molecule has 0 unspecified atom stereocenters. The van der Waals surface area contributed by atoms with Crippen molar-refractivity contribution in [2.45, 2.75) is 38.3 Å². The maximum absolute atomic E-state index is 15.2. The molecule has 0 spiro atoms. The van der Waals surface area contributed by atoms with Crippen LogP contribution in [0.2, 0.25) is 0 Å². The summed E-state index contributed by atoms with van der Waals surface area (Å²) in [4.78, 5) is 0. The van der Waals surface area contributed by atoms with Gasteiger partial charge >= 0.3 is 6.18 Å². The van der Waals surface area contributed by atoms with Gasteiger partial charge in [0.05, 0.1) is 6.61 Å². The highest BCUT2D eigenvalue weighted by molar-refractivity contribution is 5.84. The van der Waals surface area contributed by atoms with Crippen LogP contribution in [0.4, 0.5) is 35.1 Å². The lowest BCUT2D eigenvalue weighted by atomic mass is 9.96. The van der Waals surface area contributed by atoms with Gasteiger partial charge in [-0.1, -0.05) is 30.3 Å². The smallest absolute Gasteiger partial charge is 0.384 e. The molecule has 0 aliphatic rings. The highest BCUT2D eigenvalue weighted by Crippen LogP contribution is 2.34. The number of hydrogen-bond donors (Lipinski definition) is 0. The first-order valence-corrected chi connectivity index (χ1v) is 12.2. The third kappa shape index (κ3) is 6.58. The van der Waals surface area contributed by atoms with Gasteiger partial charge in [0.25, 0.3) is 0 Å². The Balaban J connectivity index is 1.47. The first-order chi connectivity index (χ1) is 18.5. The zero-order valence-corrected chi connectivity index (χ0v) is 20.9. The van der Waals surface area contributed by atoms with Gasteiger partial charge < -0.3 is 4.74 Å². The van der Waals surface area contributed by atoms with Crippen LogP contribution in [0.5, 0.6) is 0 Å². The molecule has 0 atom stereocenters. The molecule has 4 rings (SSSR count). The normalized spacial score (nSPS) is 11.9. The molecule has 0 aliphatic carbocycles. The number of fused-ring (bicyclic) bond motifs is 1. The van der Waals surface area contributed by atoms with Crippen molar-refractivity contribution in [3.63, 3.8) is 0 Å². The van der Waals surface area contributed by atoms with Crippen LogP contribution in [0.25, 0.3) is 10.8 Å². The summed E-state index contributed by atoms with van der Waals surface area (Å²) in [7, 11) is 1.51. The largest absolute Gasteiger partial charge is 0.422 e. The van der Waals surface area contributed by atoms with E-state index in [1.807, 2.05) is 0 Å². The van der Waals surface area contributed by atoms with E-state index in [9.17, 15) is 30.7 Å². The number of methoxy groups -OCH3 is 1. The van der Waals surface area contributed by atoms with Crippen molar-refractivity contribution in [3.05, 3.63) is 117 Å².